The average Bonchev–Trinajstić information content (AvgIpc) is 3.04. The molecule has 6 heteroatoms. The van der Waals surface area contributed by atoms with Crippen molar-refractivity contribution in [2.24, 2.45) is 5.92 Å². The van der Waals surface area contributed by atoms with E-state index < -0.39 is 5.97 Å². The molecule has 1 unspecified atom stereocenters. The number of ether oxygens (including phenoxy) is 1. The van der Waals surface area contributed by atoms with Crippen LogP contribution in [0.3, 0.4) is 0 Å². The molecule has 0 saturated carbocycles. The van der Waals surface area contributed by atoms with Gasteiger partial charge in [-0.25, -0.2) is 4.79 Å². The normalized spacial score (nSPS) is 21.5. The van der Waals surface area contributed by atoms with Crippen molar-refractivity contribution < 1.29 is 14.3 Å². The molecule has 0 aliphatic carbocycles. The minimum Gasteiger partial charge on any atom is -0.459 e. The maximum atomic E-state index is 13.6. The van der Waals surface area contributed by atoms with E-state index in [1.54, 1.807) is 11.1 Å². The largest absolute Gasteiger partial charge is 0.459 e. The van der Waals surface area contributed by atoms with Gasteiger partial charge in [-0.1, -0.05) is 32.0 Å². The maximum Gasteiger partial charge on any atom is 0.342 e. The van der Waals surface area contributed by atoms with E-state index in [1.807, 2.05) is 32.0 Å². The van der Waals surface area contributed by atoms with E-state index in [9.17, 15) is 9.59 Å². The molecule has 0 bridgehead atoms. The number of piperidine rings is 1. The zero-order valence-corrected chi connectivity index (χ0v) is 19.2. The summed E-state index contributed by atoms with van der Waals surface area (Å²) in [6.07, 6.45) is 3.38. The second-order valence-corrected chi connectivity index (χ2v) is 9.87. The number of H-pyrrole nitrogens is 1. The van der Waals surface area contributed by atoms with Crippen LogP contribution in [0.25, 0.3) is 16.5 Å². The van der Waals surface area contributed by atoms with E-state index in [1.165, 1.54) is 0 Å². The van der Waals surface area contributed by atoms with Crippen molar-refractivity contribution in [1.82, 2.24) is 14.8 Å². The van der Waals surface area contributed by atoms with Crippen LogP contribution in [0.15, 0.2) is 30.5 Å². The van der Waals surface area contributed by atoms with Gasteiger partial charge in [0, 0.05) is 35.6 Å². The molecule has 31 heavy (non-hydrogen) atoms. The molecule has 1 fully saturated rings. The number of fused-ring (bicyclic) bond motifs is 3. The van der Waals surface area contributed by atoms with E-state index in [0.29, 0.717) is 12.1 Å². The molecular weight excluding hydrogens is 390 g/mol. The van der Waals surface area contributed by atoms with Crippen LogP contribution in [-0.4, -0.2) is 59.4 Å². The number of aromatic nitrogens is 1. The Hall–Kier alpha value is -2.60. The van der Waals surface area contributed by atoms with E-state index in [2.05, 4.69) is 36.8 Å². The van der Waals surface area contributed by atoms with Crippen LogP contribution in [-0.2, 0) is 19.7 Å². The molecule has 6 nitrogen and oxygen atoms in total. The van der Waals surface area contributed by atoms with Crippen LogP contribution >= 0.6 is 0 Å². The quantitative estimate of drug-likeness (QED) is 0.760. The summed E-state index contributed by atoms with van der Waals surface area (Å²) in [6.45, 7) is 10.3. The third-order valence-corrected chi connectivity index (χ3v) is 6.32. The first-order valence-electron chi connectivity index (χ1n) is 11.2. The zero-order valence-electron chi connectivity index (χ0n) is 19.2. The van der Waals surface area contributed by atoms with Gasteiger partial charge < -0.3 is 19.5 Å². The number of hydrogen-bond donors (Lipinski definition) is 1. The molecule has 1 amide bonds. The van der Waals surface area contributed by atoms with Gasteiger partial charge in [0.15, 0.2) is 0 Å². The van der Waals surface area contributed by atoms with Gasteiger partial charge in [0.05, 0.1) is 23.3 Å². The lowest BCUT2D eigenvalue weighted by molar-refractivity contribution is -0.140. The second kappa shape index (κ2) is 8.15. The molecule has 1 aromatic carbocycles. The van der Waals surface area contributed by atoms with Gasteiger partial charge in [-0.15, -0.1) is 0 Å². The molecule has 3 heterocycles. The van der Waals surface area contributed by atoms with E-state index in [0.717, 1.165) is 48.1 Å². The lowest BCUT2D eigenvalue weighted by Gasteiger charge is -2.34. The highest BCUT2D eigenvalue weighted by Crippen LogP contribution is 2.40. The second-order valence-electron chi connectivity index (χ2n) is 9.87. The number of carbonyl (C=O) groups excluding carboxylic acids is 2. The van der Waals surface area contributed by atoms with Gasteiger partial charge in [-0.3, -0.25) is 4.79 Å². The molecule has 2 aliphatic rings. The topological polar surface area (TPSA) is 65.6 Å². The van der Waals surface area contributed by atoms with Crippen LogP contribution in [0.2, 0.25) is 0 Å². The van der Waals surface area contributed by atoms with Gasteiger partial charge in [0.1, 0.15) is 0 Å². The van der Waals surface area contributed by atoms with Crippen molar-refractivity contribution in [2.45, 2.75) is 52.1 Å². The maximum absolute atomic E-state index is 13.6. The van der Waals surface area contributed by atoms with Crippen molar-refractivity contribution >= 4 is 28.4 Å². The van der Waals surface area contributed by atoms with Crippen LogP contribution in [0.1, 0.15) is 51.8 Å². The predicted octanol–water partition coefficient (Wildman–Crippen LogP) is 3.92. The van der Waals surface area contributed by atoms with Crippen LogP contribution in [0, 0.1) is 5.92 Å². The van der Waals surface area contributed by atoms with E-state index in [-0.39, 0.29) is 23.3 Å². The lowest BCUT2D eigenvalue weighted by Crippen LogP contribution is -2.45. The van der Waals surface area contributed by atoms with Crippen LogP contribution < -0.4 is 0 Å². The zero-order chi connectivity index (χ0) is 22.3. The minimum absolute atomic E-state index is 0.0543. The van der Waals surface area contributed by atoms with Gasteiger partial charge in [0.25, 0.3) is 0 Å². The fraction of sp³-hybridized carbons (Fsp3) is 0.520. The first-order valence-corrected chi connectivity index (χ1v) is 11.2. The number of carbonyl (C=O) groups is 2. The summed E-state index contributed by atoms with van der Waals surface area (Å²) in [6, 6.07) is 8.09. The smallest absolute Gasteiger partial charge is 0.342 e. The van der Waals surface area contributed by atoms with Gasteiger partial charge >= 0.3 is 5.97 Å². The summed E-state index contributed by atoms with van der Waals surface area (Å²) in [7, 11) is 2.06. The standard InChI is InChI=1S/C25H33N3O3/c1-16(2)31-24(30)19-14-28(23(29)17-9-8-12-27(5)13-17)15-25(3,4)21-18-10-6-7-11-20(18)26-22(19)21/h6-7,10-11,14,16-17,26H,8-9,12-13,15H2,1-5H3. The molecule has 1 aromatic heterocycles. The van der Waals surface area contributed by atoms with Crippen molar-refractivity contribution in [3.05, 3.63) is 41.7 Å². The number of esters is 1. The lowest BCUT2D eigenvalue weighted by atomic mass is 9.81. The number of aromatic amines is 1. The van der Waals surface area contributed by atoms with Gasteiger partial charge in [-0.05, 0) is 51.9 Å². The first kappa shape index (κ1) is 21.6. The van der Waals surface area contributed by atoms with Gasteiger partial charge in [0.2, 0.25) is 5.91 Å². The molecule has 0 spiro atoms. The summed E-state index contributed by atoms with van der Waals surface area (Å²) < 4.78 is 5.58. The molecule has 1 N–H and O–H groups in total. The van der Waals surface area contributed by atoms with E-state index >= 15 is 0 Å². The van der Waals surface area contributed by atoms with Crippen molar-refractivity contribution in [3.63, 3.8) is 0 Å². The summed E-state index contributed by atoms with van der Waals surface area (Å²) in [4.78, 5) is 34.1. The number of amides is 1. The number of benzene rings is 1. The summed E-state index contributed by atoms with van der Waals surface area (Å²) >= 11 is 0. The number of rotatable bonds is 3. The number of nitrogens with one attached hydrogen (secondary N) is 1. The number of likely N-dealkylation sites (tertiary alicyclic amines) is 1. The predicted molar refractivity (Wildman–Crippen MR) is 122 cm³/mol. The fourth-order valence-corrected chi connectivity index (χ4v) is 4.99. The third kappa shape index (κ3) is 4.13. The third-order valence-electron chi connectivity index (χ3n) is 6.32. The van der Waals surface area contributed by atoms with Crippen LogP contribution in [0.5, 0.6) is 0 Å². The highest BCUT2D eigenvalue weighted by Gasteiger charge is 2.39. The monoisotopic (exact) mass is 423 g/mol. The summed E-state index contributed by atoms with van der Waals surface area (Å²) in [5, 5.41) is 1.08. The number of hydrogen-bond acceptors (Lipinski definition) is 4. The molecule has 166 valence electrons. The first-order chi connectivity index (χ1) is 14.7. The van der Waals surface area contributed by atoms with Crippen LogP contribution in [0.4, 0.5) is 0 Å². The number of nitrogens with zero attached hydrogens (tertiary/aromatic N) is 2. The Bertz CT molecular complexity index is 1030. The Morgan fingerprint density at radius 1 is 1.23 bits per heavy atom. The Balaban J connectivity index is 1.82. The Morgan fingerprint density at radius 3 is 2.68 bits per heavy atom. The molecule has 1 atom stereocenters. The Morgan fingerprint density at radius 2 is 1.97 bits per heavy atom. The molecule has 1 saturated heterocycles. The molecule has 2 aliphatic heterocycles. The minimum atomic E-state index is -0.404. The molecule has 0 radical (unpaired) electrons. The summed E-state index contributed by atoms with van der Waals surface area (Å²) in [5.41, 5.74) is 2.88. The van der Waals surface area contributed by atoms with Gasteiger partial charge in [-0.2, -0.15) is 0 Å². The fourth-order valence-electron chi connectivity index (χ4n) is 4.99. The molecule has 4 rings (SSSR count). The SMILES string of the molecule is CC(C)OC(=O)C1=CN(C(=O)C2CCCN(C)C2)CC(C)(C)c2c1[nH]c1ccccc21. The highest BCUT2D eigenvalue weighted by molar-refractivity contribution is 6.18. The average molecular weight is 424 g/mol. The Kier molecular flexibility index (Phi) is 5.69. The van der Waals surface area contributed by atoms with Crippen molar-refractivity contribution in [3.8, 4) is 0 Å². The van der Waals surface area contributed by atoms with Crippen molar-refractivity contribution in [1.29, 1.82) is 0 Å². The number of para-hydroxylation sites is 1. The van der Waals surface area contributed by atoms with Crippen molar-refractivity contribution in [2.75, 3.05) is 26.7 Å². The van der Waals surface area contributed by atoms with E-state index in [4.69, 9.17) is 4.74 Å². The molecular formula is C25H33N3O3. The summed E-state index contributed by atoms with van der Waals surface area (Å²) in [5.74, 6) is -0.371. The molecule has 2 aromatic rings. The highest BCUT2D eigenvalue weighted by atomic mass is 16.5. The Labute approximate surface area is 184 Å².